The van der Waals surface area contributed by atoms with Crippen LogP contribution in [0, 0.1) is 0 Å². The molecule has 0 heterocycles. The van der Waals surface area contributed by atoms with Crippen LogP contribution in [0.3, 0.4) is 0 Å². The van der Waals surface area contributed by atoms with Crippen molar-refractivity contribution in [1.29, 1.82) is 0 Å². The maximum absolute atomic E-state index is 5.30. The number of aliphatic imine (C=N–C) groups is 2. The van der Waals surface area contributed by atoms with E-state index < -0.39 is 0 Å². The summed E-state index contributed by atoms with van der Waals surface area (Å²) in [6, 6.07) is 13.8. The van der Waals surface area contributed by atoms with E-state index in [1.165, 1.54) is 99.3 Å². The number of hydrogen-bond donors (Lipinski definition) is 0. The molecule has 230 valence electrons. The summed E-state index contributed by atoms with van der Waals surface area (Å²) < 4.78 is 0. The van der Waals surface area contributed by atoms with E-state index in [1.54, 1.807) is 0 Å². The molecule has 41 heavy (non-hydrogen) atoms. The van der Waals surface area contributed by atoms with Gasteiger partial charge in [0.1, 0.15) is 0 Å². The normalized spacial score (nSPS) is 12.2. The van der Waals surface area contributed by atoms with E-state index in [0.717, 1.165) is 48.5 Å². The van der Waals surface area contributed by atoms with Crippen molar-refractivity contribution >= 4 is 22.8 Å². The molecule has 0 unspecified atom stereocenters. The Morgan fingerprint density at radius 3 is 1.44 bits per heavy atom. The maximum atomic E-state index is 5.30. The second-order valence-electron chi connectivity index (χ2n) is 11.3. The number of rotatable bonds is 20. The Bertz CT molecular complexity index is 1080. The molecule has 0 amide bonds. The first kappa shape index (κ1) is 37.0. The molecule has 0 fully saturated rings. The second-order valence-corrected chi connectivity index (χ2v) is 11.3. The zero-order valence-corrected chi connectivity index (χ0v) is 28.1. The molecule has 0 aliphatic carbocycles. The first-order valence-corrected chi connectivity index (χ1v) is 16.6. The SMILES string of the molecule is CC=CC(=Nc1ccc(CCCC)c(CCCC)c1)C(CCCCC)=Nc1ccc(CCCC)c(CCCC)c1.[Ni]. The molecule has 0 radical (unpaired) electrons. The van der Waals surface area contributed by atoms with Gasteiger partial charge in [-0.25, -0.2) is 4.99 Å². The van der Waals surface area contributed by atoms with E-state index in [0.29, 0.717) is 0 Å². The third-order valence-corrected chi connectivity index (χ3v) is 7.73. The standard InChI is InChI=1S/C38H58N2.Ni/c1-7-13-18-24-38(40-36-28-26-32(21-15-9-3)34(30-36)23-17-11-5)37(19-12-6)39-35-27-25-31(20-14-8-2)33(29-35)22-16-10-4;/h12,19,25-30H,7-11,13-18,20-24H2,1-6H3;. The van der Waals surface area contributed by atoms with Crippen LogP contribution in [-0.4, -0.2) is 11.4 Å². The molecule has 0 aliphatic rings. The molecule has 2 nitrogen and oxygen atoms in total. The summed E-state index contributed by atoms with van der Waals surface area (Å²) in [4.78, 5) is 10.5. The van der Waals surface area contributed by atoms with E-state index in [2.05, 4.69) is 90.1 Å². The zero-order chi connectivity index (χ0) is 29.0. The Morgan fingerprint density at radius 1 is 0.561 bits per heavy atom. The van der Waals surface area contributed by atoms with Gasteiger partial charge in [-0.15, -0.1) is 0 Å². The summed E-state index contributed by atoms with van der Waals surface area (Å²) in [5.41, 5.74) is 10.2. The van der Waals surface area contributed by atoms with E-state index in [1.807, 2.05) is 0 Å². The van der Waals surface area contributed by atoms with Crippen LogP contribution < -0.4 is 0 Å². The minimum absolute atomic E-state index is 0. The molecular weight excluding hydrogens is 543 g/mol. The summed E-state index contributed by atoms with van der Waals surface area (Å²) in [6.45, 7) is 13.5. The van der Waals surface area contributed by atoms with Gasteiger partial charge in [-0.2, -0.15) is 0 Å². The molecular formula is C38H58N2Ni. The molecule has 2 aromatic carbocycles. The van der Waals surface area contributed by atoms with Crippen LogP contribution in [0.25, 0.3) is 0 Å². The molecule has 0 aliphatic heterocycles. The molecule has 2 rings (SSSR count). The van der Waals surface area contributed by atoms with Crippen LogP contribution in [-0.2, 0) is 42.2 Å². The average Bonchev–Trinajstić information content (AvgIpc) is 2.97. The monoisotopic (exact) mass is 600 g/mol. The van der Waals surface area contributed by atoms with Crippen LogP contribution in [0.4, 0.5) is 11.4 Å². The van der Waals surface area contributed by atoms with Crippen molar-refractivity contribution in [2.45, 2.75) is 144 Å². The number of aryl methyl sites for hydroxylation is 4. The second kappa shape index (κ2) is 22.6. The van der Waals surface area contributed by atoms with Gasteiger partial charge in [0.15, 0.2) is 0 Å². The minimum Gasteiger partial charge on any atom is -0.251 e. The molecule has 0 saturated carbocycles. The van der Waals surface area contributed by atoms with Crippen molar-refractivity contribution in [3.8, 4) is 0 Å². The third-order valence-electron chi connectivity index (χ3n) is 7.73. The van der Waals surface area contributed by atoms with Gasteiger partial charge in [-0.05, 0) is 124 Å². The van der Waals surface area contributed by atoms with Crippen LogP contribution in [0.2, 0.25) is 0 Å². The molecule has 0 atom stereocenters. The van der Waals surface area contributed by atoms with Gasteiger partial charge in [0.05, 0.1) is 22.8 Å². The predicted molar refractivity (Wildman–Crippen MR) is 180 cm³/mol. The predicted octanol–water partition coefficient (Wildman–Crippen LogP) is 12.1. The van der Waals surface area contributed by atoms with Gasteiger partial charge in [0.25, 0.3) is 0 Å². The number of nitrogens with zero attached hydrogens (tertiary/aromatic N) is 2. The van der Waals surface area contributed by atoms with Crippen LogP contribution in [0.5, 0.6) is 0 Å². The van der Waals surface area contributed by atoms with Gasteiger partial charge in [0.2, 0.25) is 0 Å². The quantitative estimate of drug-likeness (QED) is 0.0820. The first-order chi connectivity index (χ1) is 19.6. The Balaban J connectivity index is 0.00000840. The van der Waals surface area contributed by atoms with E-state index in [-0.39, 0.29) is 16.5 Å². The smallest absolute Gasteiger partial charge is 0.0848 e. The fraction of sp³-hybridized carbons (Fsp3) is 0.579. The van der Waals surface area contributed by atoms with E-state index in [4.69, 9.17) is 9.98 Å². The first-order valence-electron chi connectivity index (χ1n) is 16.6. The maximum Gasteiger partial charge on any atom is 0.0848 e. The summed E-state index contributed by atoms with van der Waals surface area (Å²) in [5, 5.41) is 0. The molecule has 0 bridgehead atoms. The van der Waals surface area contributed by atoms with Crippen molar-refractivity contribution in [1.82, 2.24) is 0 Å². The fourth-order valence-corrected chi connectivity index (χ4v) is 5.22. The molecule has 0 spiro atoms. The number of unbranched alkanes of at least 4 members (excludes halogenated alkanes) is 6. The number of benzene rings is 2. The van der Waals surface area contributed by atoms with Crippen molar-refractivity contribution < 1.29 is 16.5 Å². The van der Waals surface area contributed by atoms with Crippen molar-refractivity contribution in [3.63, 3.8) is 0 Å². The largest absolute Gasteiger partial charge is 0.251 e. The van der Waals surface area contributed by atoms with Gasteiger partial charge in [-0.3, -0.25) is 4.99 Å². The van der Waals surface area contributed by atoms with E-state index in [9.17, 15) is 0 Å². The topological polar surface area (TPSA) is 24.7 Å². The Kier molecular flexibility index (Phi) is 20.4. The van der Waals surface area contributed by atoms with E-state index >= 15 is 0 Å². The van der Waals surface area contributed by atoms with Gasteiger partial charge in [-0.1, -0.05) is 91.4 Å². The minimum atomic E-state index is 0. The summed E-state index contributed by atoms with van der Waals surface area (Å²) in [5.74, 6) is 0. The number of hydrogen-bond acceptors (Lipinski definition) is 2. The van der Waals surface area contributed by atoms with Crippen LogP contribution in [0.15, 0.2) is 58.5 Å². The molecule has 0 saturated heterocycles. The fourth-order valence-electron chi connectivity index (χ4n) is 5.22. The van der Waals surface area contributed by atoms with Crippen molar-refractivity contribution in [2.24, 2.45) is 9.98 Å². The van der Waals surface area contributed by atoms with Gasteiger partial charge >= 0.3 is 0 Å². The van der Waals surface area contributed by atoms with Crippen LogP contribution >= 0.6 is 0 Å². The Labute approximate surface area is 263 Å². The number of allylic oxidation sites excluding steroid dienone is 2. The Morgan fingerprint density at radius 2 is 1.00 bits per heavy atom. The van der Waals surface area contributed by atoms with Crippen LogP contribution in [0.1, 0.15) is 141 Å². The summed E-state index contributed by atoms with van der Waals surface area (Å²) in [7, 11) is 0. The van der Waals surface area contributed by atoms with Gasteiger partial charge in [0, 0.05) is 16.5 Å². The van der Waals surface area contributed by atoms with Gasteiger partial charge < -0.3 is 0 Å². The molecule has 0 aromatic heterocycles. The zero-order valence-electron chi connectivity index (χ0n) is 27.1. The summed E-state index contributed by atoms with van der Waals surface area (Å²) in [6.07, 6.45) is 23.3. The Hall–Kier alpha value is -1.99. The molecule has 2 aromatic rings. The molecule has 3 heteroatoms. The average molecular weight is 602 g/mol. The summed E-state index contributed by atoms with van der Waals surface area (Å²) >= 11 is 0. The molecule has 0 N–H and O–H groups in total. The van der Waals surface area contributed by atoms with Crippen molar-refractivity contribution in [3.05, 3.63) is 70.8 Å². The van der Waals surface area contributed by atoms with Crippen molar-refractivity contribution in [2.75, 3.05) is 0 Å². The third kappa shape index (κ3) is 13.7.